The molecule has 0 aromatic heterocycles. The summed E-state index contributed by atoms with van der Waals surface area (Å²) in [6.45, 7) is 8.58. The first-order valence-corrected chi connectivity index (χ1v) is 6.14. The van der Waals surface area contributed by atoms with Crippen LogP contribution >= 0.6 is 0 Å². The Labute approximate surface area is 93.2 Å². The summed E-state index contributed by atoms with van der Waals surface area (Å²) in [5.74, 6) is 0. The normalized spacial score (nSPS) is 35.2. The summed E-state index contributed by atoms with van der Waals surface area (Å²) in [6, 6.07) is 0.561. The number of aliphatic hydroxyl groups is 1. The van der Waals surface area contributed by atoms with Gasteiger partial charge in [-0.25, -0.2) is 0 Å². The van der Waals surface area contributed by atoms with Crippen molar-refractivity contribution >= 4 is 0 Å². The fourth-order valence-electron chi connectivity index (χ4n) is 2.42. The van der Waals surface area contributed by atoms with E-state index in [1.165, 1.54) is 0 Å². The molecule has 0 heterocycles. The van der Waals surface area contributed by atoms with Crippen LogP contribution in [0.4, 0.5) is 0 Å². The first kappa shape index (κ1) is 12.9. The second-order valence-electron chi connectivity index (χ2n) is 4.62. The van der Waals surface area contributed by atoms with E-state index in [0.717, 1.165) is 32.4 Å². The van der Waals surface area contributed by atoms with E-state index in [2.05, 4.69) is 26.1 Å². The number of hydrogen-bond donors (Lipinski definition) is 2. The van der Waals surface area contributed by atoms with Gasteiger partial charge in [0.2, 0.25) is 0 Å². The molecule has 2 N–H and O–H groups in total. The molecule has 3 nitrogen and oxygen atoms in total. The van der Waals surface area contributed by atoms with Crippen molar-refractivity contribution in [1.82, 2.24) is 5.32 Å². The Morgan fingerprint density at radius 2 is 2.20 bits per heavy atom. The molecule has 0 radical (unpaired) electrons. The third-order valence-electron chi connectivity index (χ3n) is 3.84. The van der Waals surface area contributed by atoms with Crippen molar-refractivity contribution in [2.24, 2.45) is 5.41 Å². The Kier molecular flexibility index (Phi) is 5.03. The summed E-state index contributed by atoms with van der Waals surface area (Å²) in [7, 11) is 0. The molecule has 0 aliphatic heterocycles. The molecule has 15 heavy (non-hydrogen) atoms. The SMILES string of the molecule is CCOC1CC(NCCCO)C1(C)CC. The van der Waals surface area contributed by atoms with Gasteiger partial charge in [0.1, 0.15) is 0 Å². The van der Waals surface area contributed by atoms with Gasteiger partial charge in [-0.15, -0.1) is 0 Å². The van der Waals surface area contributed by atoms with Crippen molar-refractivity contribution < 1.29 is 9.84 Å². The molecule has 1 fully saturated rings. The summed E-state index contributed by atoms with van der Waals surface area (Å²) >= 11 is 0. The van der Waals surface area contributed by atoms with Crippen LogP contribution in [0.15, 0.2) is 0 Å². The average molecular weight is 215 g/mol. The van der Waals surface area contributed by atoms with Crippen LogP contribution in [0.3, 0.4) is 0 Å². The second-order valence-corrected chi connectivity index (χ2v) is 4.62. The van der Waals surface area contributed by atoms with Gasteiger partial charge in [0.25, 0.3) is 0 Å². The number of aliphatic hydroxyl groups excluding tert-OH is 1. The highest BCUT2D eigenvalue weighted by Gasteiger charge is 2.50. The lowest BCUT2D eigenvalue weighted by Crippen LogP contribution is -2.62. The van der Waals surface area contributed by atoms with E-state index < -0.39 is 0 Å². The Morgan fingerprint density at radius 3 is 2.73 bits per heavy atom. The average Bonchev–Trinajstić information content (AvgIpc) is 2.26. The van der Waals surface area contributed by atoms with Crippen molar-refractivity contribution in [3.8, 4) is 0 Å². The second kappa shape index (κ2) is 5.83. The van der Waals surface area contributed by atoms with Crippen LogP contribution in [0.2, 0.25) is 0 Å². The minimum Gasteiger partial charge on any atom is -0.396 e. The fraction of sp³-hybridized carbons (Fsp3) is 1.00. The topological polar surface area (TPSA) is 41.5 Å². The van der Waals surface area contributed by atoms with Gasteiger partial charge in [0.15, 0.2) is 0 Å². The van der Waals surface area contributed by atoms with Crippen LogP contribution in [0.1, 0.15) is 40.0 Å². The maximum absolute atomic E-state index is 8.73. The fourth-order valence-corrected chi connectivity index (χ4v) is 2.42. The zero-order chi connectivity index (χ0) is 11.3. The van der Waals surface area contributed by atoms with Gasteiger partial charge in [-0.3, -0.25) is 0 Å². The molecule has 1 aliphatic carbocycles. The molecular formula is C12H25NO2. The summed E-state index contributed by atoms with van der Waals surface area (Å²) < 4.78 is 5.73. The van der Waals surface area contributed by atoms with Crippen molar-refractivity contribution in [2.45, 2.75) is 52.2 Å². The highest BCUT2D eigenvalue weighted by atomic mass is 16.5. The minimum atomic E-state index is 0.275. The van der Waals surface area contributed by atoms with E-state index in [0.29, 0.717) is 12.1 Å². The van der Waals surface area contributed by atoms with E-state index >= 15 is 0 Å². The third-order valence-corrected chi connectivity index (χ3v) is 3.84. The number of ether oxygens (including phenoxy) is 1. The zero-order valence-electron chi connectivity index (χ0n) is 10.3. The summed E-state index contributed by atoms with van der Waals surface area (Å²) in [6.07, 6.45) is 3.52. The van der Waals surface area contributed by atoms with Crippen LogP contribution in [0, 0.1) is 5.41 Å². The van der Waals surface area contributed by atoms with Gasteiger partial charge in [-0.05, 0) is 32.7 Å². The van der Waals surface area contributed by atoms with Gasteiger partial charge < -0.3 is 15.2 Å². The Hall–Kier alpha value is -0.120. The van der Waals surface area contributed by atoms with Crippen LogP contribution in [0.25, 0.3) is 0 Å². The first-order valence-electron chi connectivity index (χ1n) is 6.14. The van der Waals surface area contributed by atoms with Gasteiger partial charge in [0, 0.05) is 24.7 Å². The zero-order valence-corrected chi connectivity index (χ0v) is 10.3. The van der Waals surface area contributed by atoms with E-state index in [9.17, 15) is 0 Å². The van der Waals surface area contributed by atoms with Gasteiger partial charge >= 0.3 is 0 Å². The predicted octanol–water partition coefficient (Wildman–Crippen LogP) is 1.55. The largest absolute Gasteiger partial charge is 0.396 e. The Morgan fingerprint density at radius 1 is 1.47 bits per heavy atom. The maximum atomic E-state index is 8.73. The molecule has 0 spiro atoms. The first-order chi connectivity index (χ1) is 7.19. The molecular weight excluding hydrogens is 190 g/mol. The standard InChI is InChI=1S/C12H25NO2/c1-4-12(3)10(13-7-6-8-14)9-11(12)15-5-2/h10-11,13-14H,4-9H2,1-3H3. The van der Waals surface area contributed by atoms with Crippen LogP contribution < -0.4 is 5.32 Å². The van der Waals surface area contributed by atoms with Crippen LogP contribution in [-0.4, -0.2) is 37.0 Å². The van der Waals surface area contributed by atoms with Crippen molar-refractivity contribution in [1.29, 1.82) is 0 Å². The highest BCUT2D eigenvalue weighted by molar-refractivity contribution is 5.04. The summed E-state index contributed by atoms with van der Waals surface area (Å²) in [5.41, 5.74) is 0.283. The number of rotatable bonds is 7. The molecule has 0 saturated heterocycles. The van der Waals surface area contributed by atoms with Gasteiger partial charge in [-0.2, -0.15) is 0 Å². The van der Waals surface area contributed by atoms with E-state index in [4.69, 9.17) is 9.84 Å². The quantitative estimate of drug-likeness (QED) is 0.633. The van der Waals surface area contributed by atoms with Crippen molar-refractivity contribution in [2.75, 3.05) is 19.8 Å². The van der Waals surface area contributed by atoms with Crippen molar-refractivity contribution in [3.05, 3.63) is 0 Å². The summed E-state index contributed by atoms with van der Waals surface area (Å²) in [5, 5.41) is 12.2. The molecule has 1 aliphatic rings. The minimum absolute atomic E-state index is 0.275. The molecule has 3 heteroatoms. The molecule has 3 atom stereocenters. The number of nitrogens with one attached hydrogen (secondary N) is 1. The van der Waals surface area contributed by atoms with Crippen LogP contribution in [0.5, 0.6) is 0 Å². The lowest BCUT2D eigenvalue weighted by Gasteiger charge is -2.53. The van der Waals surface area contributed by atoms with E-state index in [-0.39, 0.29) is 12.0 Å². The lowest BCUT2D eigenvalue weighted by atomic mass is 9.61. The van der Waals surface area contributed by atoms with Gasteiger partial charge in [0.05, 0.1) is 6.10 Å². The highest BCUT2D eigenvalue weighted by Crippen LogP contribution is 2.45. The molecule has 0 aromatic carbocycles. The van der Waals surface area contributed by atoms with E-state index in [1.807, 2.05) is 0 Å². The predicted molar refractivity (Wildman–Crippen MR) is 61.9 cm³/mol. The lowest BCUT2D eigenvalue weighted by molar-refractivity contribution is -0.125. The Balaban J connectivity index is 2.35. The molecule has 1 saturated carbocycles. The molecule has 0 aromatic rings. The van der Waals surface area contributed by atoms with Crippen molar-refractivity contribution in [3.63, 3.8) is 0 Å². The smallest absolute Gasteiger partial charge is 0.0658 e. The molecule has 1 rings (SSSR count). The summed E-state index contributed by atoms with van der Waals surface area (Å²) in [4.78, 5) is 0. The molecule has 0 bridgehead atoms. The molecule has 90 valence electrons. The monoisotopic (exact) mass is 215 g/mol. The Bertz CT molecular complexity index is 184. The maximum Gasteiger partial charge on any atom is 0.0658 e. The van der Waals surface area contributed by atoms with Gasteiger partial charge in [-0.1, -0.05) is 13.8 Å². The molecule has 3 unspecified atom stereocenters. The number of hydrogen-bond acceptors (Lipinski definition) is 3. The van der Waals surface area contributed by atoms with Crippen LogP contribution in [-0.2, 0) is 4.74 Å². The molecule has 0 amide bonds. The van der Waals surface area contributed by atoms with E-state index in [1.54, 1.807) is 0 Å². The third kappa shape index (κ3) is 2.71.